The van der Waals surface area contributed by atoms with Gasteiger partial charge in [-0.2, -0.15) is 0 Å². The third kappa shape index (κ3) is 27.0. The van der Waals surface area contributed by atoms with E-state index in [9.17, 15) is 19.8 Å². The van der Waals surface area contributed by atoms with Gasteiger partial charge < -0.3 is 35.1 Å². The molecule has 160 valence electrons. The SMILES string of the molecule is CCCCO.CCCCO.CCCCO.O=C([O-])c1ccc(C(=O)[O-])cc1.[Ti+2]. The van der Waals surface area contributed by atoms with Crippen LogP contribution in [0.2, 0.25) is 0 Å². The number of carbonyl (C=O) groups is 2. The fourth-order valence-corrected chi connectivity index (χ4v) is 1.22. The molecule has 0 fully saturated rings. The van der Waals surface area contributed by atoms with Crippen LogP contribution in [0.1, 0.15) is 80.0 Å². The van der Waals surface area contributed by atoms with Crippen LogP contribution in [0.25, 0.3) is 0 Å². The van der Waals surface area contributed by atoms with Crippen LogP contribution in [0, 0.1) is 0 Å². The Morgan fingerprint density at radius 3 is 0.964 bits per heavy atom. The molecular formula is C20H34O7Ti. The summed E-state index contributed by atoms with van der Waals surface area (Å²) in [5.74, 6) is -2.67. The van der Waals surface area contributed by atoms with Crippen molar-refractivity contribution in [2.75, 3.05) is 19.8 Å². The van der Waals surface area contributed by atoms with Crippen molar-refractivity contribution < 1.29 is 56.8 Å². The Bertz CT molecular complexity index is 397. The van der Waals surface area contributed by atoms with Gasteiger partial charge in [-0.05, 0) is 30.4 Å². The van der Waals surface area contributed by atoms with Crippen molar-refractivity contribution in [3.63, 3.8) is 0 Å². The second-order valence-corrected chi connectivity index (χ2v) is 5.38. The van der Waals surface area contributed by atoms with Crippen LogP contribution in [0.4, 0.5) is 0 Å². The molecule has 0 aromatic heterocycles. The molecule has 0 saturated carbocycles. The summed E-state index contributed by atoms with van der Waals surface area (Å²) < 4.78 is 0. The van der Waals surface area contributed by atoms with Crippen LogP contribution in [0.5, 0.6) is 0 Å². The third-order valence-electron chi connectivity index (χ3n) is 2.89. The van der Waals surface area contributed by atoms with Gasteiger partial charge in [0.15, 0.2) is 0 Å². The van der Waals surface area contributed by atoms with E-state index >= 15 is 0 Å². The van der Waals surface area contributed by atoms with Gasteiger partial charge in [0.25, 0.3) is 0 Å². The molecule has 0 bridgehead atoms. The number of rotatable bonds is 8. The zero-order valence-electron chi connectivity index (χ0n) is 17.1. The van der Waals surface area contributed by atoms with E-state index in [1.807, 2.05) is 0 Å². The summed E-state index contributed by atoms with van der Waals surface area (Å²) in [5, 5.41) is 44.6. The van der Waals surface area contributed by atoms with Gasteiger partial charge in [-0.25, -0.2) is 0 Å². The first-order valence-corrected chi connectivity index (χ1v) is 9.21. The summed E-state index contributed by atoms with van der Waals surface area (Å²) >= 11 is 0. The number of carboxylic acids is 2. The largest absolute Gasteiger partial charge is 2.00 e. The number of benzene rings is 1. The number of aromatic carboxylic acids is 2. The van der Waals surface area contributed by atoms with Crippen molar-refractivity contribution in [3.8, 4) is 0 Å². The predicted molar refractivity (Wildman–Crippen MR) is 101 cm³/mol. The third-order valence-corrected chi connectivity index (χ3v) is 2.89. The maximum Gasteiger partial charge on any atom is 2.00 e. The van der Waals surface area contributed by atoms with E-state index < -0.39 is 11.9 Å². The van der Waals surface area contributed by atoms with Gasteiger partial charge in [0.2, 0.25) is 0 Å². The molecule has 0 unspecified atom stereocenters. The van der Waals surface area contributed by atoms with Gasteiger partial charge in [0.05, 0.1) is 11.9 Å². The van der Waals surface area contributed by atoms with Gasteiger partial charge in [-0.1, -0.05) is 64.3 Å². The van der Waals surface area contributed by atoms with Crippen LogP contribution in [0.3, 0.4) is 0 Å². The zero-order valence-corrected chi connectivity index (χ0v) is 18.7. The van der Waals surface area contributed by atoms with Crippen molar-refractivity contribution in [3.05, 3.63) is 35.4 Å². The average molecular weight is 434 g/mol. The second-order valence-electron chi connectivity index (χ2n) is 5.38. The van der Waals surface area contributed by atoms with Crippen molar-refractivity contribution in [2.24, 2.45) is 0 Å². The molecule has 1 aromatic rings. The standard InChI is InChI=1S/C8H6O4.3C4H10O.Ti/c9-7(10)5-1-2-6(4-3-5)8(11)12;3*1-2-3-4-5;/h1-4H,(H,9,10)(H,11,12);3*5H,2-4H2,1H3;/q;;;;+2/p-2. The minimum Gasteiger partial charge on any atom is -0.545 e. The first kappa shape index (κ1) is 34.3. The fourth-order valence-electron chi connectivity index (χ4n) is 1.22. The molecule has 3 N–H and O–H groups in total. The molecule has 0 amide bonds. The van der Waals surface area contributed by atoms with E-state index in [1.54, 1.807) is 0 Å². The fraction of sp³-hybridized carbons (Fsp3) is 0.600. The summed E-state index contributed by atoms with van der Waals surface area (Å²) in [5.41, 5.74) is -0.111. The maximum atomic E-state index is 10.2. The molecule has 1 rings (SSSR count). The van der Waals surface area contributed by atoms with Gasteiger partial charge >= 0.3 is 21.7 Å². The monoisotopic (exact) mass is 434 g/mol. The topological polar surface area (TPSA) is 141 Å². The molecule has 0 spiro atoms. The molecule has 1 aromatic carbocycles. The molecule has 7 nitrogen and oxygen atoms in total. The average Bonchev–Trinajstić information content (AvgIpc) is 2.65. The first-order valence-electron chi connectivity index (χ1n) is 9.21. The first-order chi connectivity index (χ1) is 12.9. The minimum atomic E-state index is -1.33. The predicted octanol–water partition coefficient (Wildman–Crippen LogP) is 0.747. The Morgan fingerprint density at radius 2 is 0.893 bits per heavy atom. The molecule has 0 heterocycles. The Kier molecular flexibility index (Phi) is 34.2. The van der Waals surface area contributed by atoms with Crippen LogP contribution in [-0.2, 0) is 21.7 Å². The van der Waals surface area contributed by atoms with E-state index in [-0.39, 0.29) is 32.8 Å². The molecule has 0 atom stereocenters. The number of hydrogen-bond acceptors (Lipinski definition) is 7. The van der Waals surface area contributed by atoms with Crippen molar-refractivity contribution >= 4 is 11.9 Å². The number of aliphatic hydroxyl groups excluding tert-OH is 3. The number of carboxylic acid groups (broad SMARTS) is 2. The molecular weight excluding hydrogens is 400 g/mol. The zero-order chi connectivity index (χ0) is 21.5. The Labute approximate surface area is 183 Å². The van der Waals surface area contributed by atoms with E-state index in [0.29, 0.717) is 19.8 Å². The molecule has 0 radical (unpaired) electrons. The van der Waals surface area contributed by atoms with Crippen LogP contribution < -0.4 is 10.2 Å². The van der Waals surface area contributed by atoms with Gasteiger partial charge in [-0.3, -0.25) is 0 Å². The summed E-state index contributed by atoms with van der Waals surface area (Å²) in [6.07, 6.45) is 6.11. The van der Waals surface area contributed by atoms with E-state index in [4.69, 9.17) is 15.3 Å². The summed E-state index contributed by atoms with van der Waals surface area (Å²) in [4.78, 5) is 20.4. The quantitative estimate of drug-likeness (QED) is 0.513. The normalized spacial score (nSPS) is 8.50. The molecule has 28 heavy (non-hydrogen) atoms. The van der Waals surface area contributed by atoms with Crippen molar-refractivity contribution in [1.29, 1.82) is 0 Å². The smallest absolute Gasteiger partial charge is 0.545 e. The van der Waals surface area contributed by atoms with Gasteiger partial charge in [-0.15, -0.1) is 0 Å². The number of unbranched alkanes of at least 4 members (excludes halogenated alkanes) is 3. The molecule has 0 aliphatic carbocycles. The van der Waals surface area contributed by atoms with E-state index in [0.717, 1.165) is 62.8 Å². The van der Waals surface area contributed by atoms with E-state index in [2.05, 4.69) is 20.8 Å². The summed E-state index contributed by atoms with van der Waals surface area (Å²) in [7, 11) is 0. The van der Waals surface area contributed by atoms with E-state index in [1.165, 1.54) is 0 Å². The van der Waals surface area contributed by atoms with Crippen LogP contribution >= 0.6 is 0 Å². The van der Waals surface area contributed by atoms with Crippen LogP contribution in [-0.4, -0.2) is 47.1 Å². The number of carbonyl (C=O) groups excluding carboxylic acids is 2. The van der Waals surface area contributed by atoms with Crippen molar-refractivity contribution in [1.82, 2.24) is 0 Å². The van der Waals surface area contributed by atoms with Crippen LogP contribution in [0.15, 0.2) is 24.3 Å². The number of aliphatic hydroxyl groups is 3. The van der Waals surface area contributed by atoms with Crippen molar-refractivity contribution in [2.45, 2.75) is 59.3 Å². The number of hydrogen-bond donors (Lipinski definition) is 3. The van der Waals surface area contributed by atoms with Gasteiger partial charge in [0, 0.05) is 19.8 Å². The Hall–Kier alpha value is -1.25. The Morgan fingerprint density at radius 1 is 0.679 bits per heavy atom. The molecule has 8 heteroatoms. The summed E-state index contributed by atoms with van der Waals surface area (Å²) in [6.45, 7) is 7.19. The Balaban J connectivity index is -0.000000153. The minimum absolute atomic E-state index is 0. The molecule has 0 aliphatic rings. The van der Waals surface area contributed by atoms with Gasteiger partial charge in [0.1, 0.15) is 0 Å². The second kappa shape index (κ2) is 28.0. The maximum absolute atomic E-state index is 10.2. The molecule has 0 saturated heterocycles. The molecule has 0 aliphatic heterocycles. The summed E-state index contributed by atoms with van der Waals surface area (Å²) in [6, 6.07) is 4.61.